The maximum Gasteiger partial charge on any atom is 0.328 e. The first-order chi connectivity index (χ1) is 6.63. The highest BCUT2D eigenvalue weighted by Gasteiger charge is 2.36. The number of hydrogen-bond donors (Lipinski definition) is 2. The van der Waals surface area contributed by atoms with Crippen molar-refractivity contribution in [1.29, 1.82) is 0 Å². The SMILES string of the molecule is CCCC1CC1NC(=O)/C=C/C(=O)O. The van der Waals surface area contributed by atoms with Crippen molar-refractivity contribution in [3.8, 4) is 0 Å². The highest BCUT2D eigenvalue weighted by molar-refractivity contribution is 5.94. The van der Waals surface area contributed by atoms with Crippen LogP contribution in [-0.2, 0) is 9.59 Å². The van der Waals surface area contributed by atoms with E-state index < -0.39 is 5.97 Å². The number of carboxylic acids is 1. The summed E-state index contributed by atoms with van der Waals surface area (Å²) in [6, 6.07) is 0.265. The van der Waals surface area contributed by atoms with Crippen LogP contribution in [-0.4, -0.2) is 23.0 Å². The van der Waals surface area contributed by atoms with E-state index in [1.807, 2.05) is 0 Å². The molecule has 1 aliphatic carbocycles. The molecule has 2 atom stereocenters. The summed E-state index contributed by atoms with van der Waals surface area (Å²) in [5.74, 6) is -0.806. The number of carboxylic acid groups (broad SMARTS) is 1. The molecule has 0 bridgehead atoms. The van der Waals surface area contributed by atoms with Gasteiger partial charge in [-0.05, 0) is 18.8 Å². The first-order valence-corrected chi connectivity index (χ1v) is 4.85. The standard InChI is InChI=1S/C10H15NO3/c1-2-3-7-6-8(7)11-9(12)4-5-10(13)14/h4-5,7-8H,2-3,6H2,1H3,(H,11,12)(H,13,14)/b5-4+. The van der Waals surface area contributed by atoms with E-state index in [1.54, 1.807) is 0 Å². The van der Waals surface area contributed by atoms with Crippen LogP contribution in [0.3, 0.4) is 0 Å². The Morgan fingerprint density at radius 1 is 1.50 bits per heavy atom. The minimum absolute atomic E-state index is 0.265. The van der Waals surface area contributed by atoms with E-state index in [-0.39, 0.29) is 11.9 Å². The summed E-state index contributed by atoms with van der Waals surface area (Å²) >= 11 is 0. The molecule has 0 saturated heterocycles. The number of amides is 1. The third-order valence-electron chi connectivity index (χ3n) is 2.29. The molecule has 0 aliphatic heterocycles. The zero-order valence-electron chi connectivity index (χ0n) is 8.19. The molecular weight excluding hydrogens is 182 g/mol. The zero-order chi connectivity index (χ0) is 10.6. The van der Waals surface area contributed by atoms with Gasteiger partial charge in [0.2, 0.25) is 5.91 Å². The summed E-state index contributed by atoms with van der Waals surface area (Å²) in [6.45, 7) is 2.11. The monoisotopic (exact) mass is 197 g/mol. The predicted octanol–water partition coefficient (Wildman–Crippen LogP) is 0.932. The molecule has 2 N–H and O–H groups in total. The van der Waals surface area contributed by atoms with Crippen LogP contribution < -0.4 is 5.32 Å². The van der Waals surface area contributed by atoms with Crippen LogP contribution in [0.4, 0.5) is 0 Å². The Morgan fingerprint density at radius 2 is 2.21 bits per heavy atom. The molecule has 1 saturated carbocycles. The Hall–Kier alpha value is -1.32. The molecular formula is C10H15NO3. The fraction of sp³-hybridized carbons (Fsp3) is 0.600. The Bertz CT molecular complexity index is 260. The molecule has 1 amide bonds. The van der Waals surface area contributed by atoms with Gasteiger partial charge in [0.1, 0.15) is 0 Å². The van der Waals surface area contributed by atoms with Gasteiger partial charge in [-0.25, -0.2) is 4.79 Å². The zero-order valence-corrected chi connectivity index (χ0v) is 8.19. The van der Waals surface area contributed by atoms with E-state index in [0.717, 1.165) is 31.4 Å². The van der Waals surface area contributed by atoms with Gasteiger partial charge in [0, 0.05) is 18.2 Å². The lowest BCUT2D eigenvalue weighted by Gasteiger charge is -1.99. The van der Waals surface area contributed by atoms with Gasteiger partial charge in [-0.3, -0.25) is 4.79 Å². The fourth-order valence-electron chi connectivity index (χ4n) is 1.49. The lowest BCUT2D eigenvalue weighted by molar-refractivity contribution is -0.131. The molecule has 0 aromatic carbocycles. The van der Waals surface area contributed by atoms with E-state index in [9.17, 15) is 9.59 Å². The van der Waals surface area contributed by atoms with Crippen molar-refractivity contribution in [2.45, 2.75) is 32.2 Å². The molecule has 2 unspecified atom stereocenters. The van der Waals surface area contributed by atoms with Crippen LogP contribution in [0.25, 0.3) is 0 Å². The normalized spacial score (nSPS) is 24.9. The van der Waals surface area contributed by atoms with Gasteiger partial charge in [0.25, 0.3) is 0 Å². The molecule has 4 nitrogen and oxygen atoms in total. The number of rotatable bonds is 5. The summed E-state index contributed by atoms with van der Waals surface area (Å²) in [6.07, 6.45) is 5.20. The van der Waals surface area contributed by atoms with E-state index in [0.29, 0.717) is 5.92 Å². The average Bonchev–Trinajstić information content (AvgIpc) is 2.81. The molecule has 1 fully saturated rings. The average molecular weight is 197 g/mol. The Kier molecular flexibility index (Phi) is 3.68. The van der Waals surface area contributed by atoms with Crippen LogP contribution >= 0.6 is 0 Å². The van der Waals surface area contributed by atoms with Gasteiger partial charge in [-0.2, -0.15) is 0 Å². The number of nitrogens with one attached hydrogen (secondary N) is 1. The van der Waals surface area contributed by atoms with Gasteiger partial charge in [0.05, 0.1) is 0 Å². The maximum absolute atomic E-state index is 11.1. The van der Waals surface area contributed by atoms with Crippen LogP contribution in [0, 0.1) is 5.92 Å². The van der Waals surface area contributed by atoms with E-state index in [4.69, 9.17) is 5.11 Å². The summed E-state index contributed by atoms with van der Waals surface area (Å²) in [5.41, 5.74) is 0. The Morgan fingerprint density at radius 3 is 2.79 bits per heavy atom. The van der Waals surface area contributed by atoms with Gasteiger partial charge in [-0.1, -0.05) is 13.3 Å². The van der Waals surface area contributed by atoms with Crippen molar-refractivity contribution >= 4 is 11.9 Å². The molecule has 0 aromatic heterocycles. The topological polar surface area (TPSA) is 66.4 Å². The predicted molar refractivity (Wildman–Crippen MR) is 51.7 cm³/mol. The summed E-state index contributed by atoms with van der Waals surface area (Å²) in [7, 11) is 0. The van der Waals surface area contributed by atoms with E-state index >= 15 is 0 Å². The van der Waals surface area contributed by atoms with Crippen LogP contribution in [0.5, 0.6) is 0 Å². The molecule has 0 heterocycles. The number of hydrogen-bond acceptors (Lipinski definition) is 2. The quantitative estimate of drug-likeness (QED) is 0.644. The lowest BCUT2D eigenvalue weighted by atomic mass is 10.2. The first kappa shape index (κ1) is 10.8. The molecule has 14 heavy (non-hydrogen) atoms. The van der Waals surface area contributed by atoms with Crippen molar-refractivity contribution in [3.05, 3.63) is 12.2 Å². The lowest BCUT2D eigenvalue weighted by Crippen LogP contribution is -2.24. The van der Waals surface area contributed by atoms with Gasteiger partial charge < -0.3 is 10.4 Å². The largest absolute Gasteiger partial charge is 0.478 e. The molecule has 0 aromatic rings. The summed E-state index contributed by atoms with van der Waals surface area (Å²) < 4.78 is 0. The van der Waals surface area contributed by atoms with Gasteiger partial charge >= 0.3 is 5.97 Å². The number of carbonyl (C=O) groups is 2. The second kappa shape index (κ2) is 4.79. The maximum atomic E-state index is 11.1. The van der Waals surface area contributed by atoms with Gasteiger partial charge in [-0.15, -0.1) is 0 Å². The highest BCUT2D eigenvalue weighted by atomic mass is 16.4. The van der Waals surface area contributed by atoms with E-state index in [1.165, 1.54) is 0 Å². The summed E-state index contributed by atoms with van der Waals surface area (Å²) in [4.78, 5) is 21.2. The van der Waals surface area contributed by atoms with Crippen molar-refractivity contribution in [1.82, 2.24) is 5.32 Å². The summed E-state index contributed by atoms with van der Waals surface area (Å²) in [5, 5.41) is 11.0. The van der Waals surface area contributed by atoms with Crippen molar-refractivity contribution in [3.63, 3.8) is 0 Å². The number of carbonyl (C=O) groups excluding carboxylic acids is 1. The van der Waals surface area contributed by atoms with E-state index in [2.05, 4.69) is 12.2 Å². The highest BCUT2D eigenvalue weighted by Crippen LogP contribution is 2.34. The third-order valence-corrected chi connectivity index (χ3v) is 2.29. The molecule has 1 aliphatic rings. The van der Waals surface area contributed by atoms with Crippen molar-refractivity contribution in [2.24, 2.45) is 5.92 Å². The molecule has 4 heteroatoms. The Labute approximate surface area is 83.0 Å². The fourth-order valence-corrected chi connectivity index (χ4v) is 1.49. The van der Waals surface area contributed by atoms with Crippen LogP contribution in [0.15, 0.2) is 12.2 Å². The third kappa shape index (κ3) is 3.60. The minimum Gasteiger partial charge on any atom is -0.478 e. The van der Waals surface area contributed by atoms with Crippen LogP contribution in [0.1, 0.15) is 26.2 Å². The first-order valence-electron chi connectivity index (χ1n) is 4.85. The Balaban J connectivity index is 2.20. The minimum atomic E-state index is -1.10. The molecule has 0 radical (unpaired) electrons. The van der Waals surface area contributed by atoms with Gasteiger partial charge in [0.15, 0.2) is 0 Å². The van der Waals surface area contributed by atoms with Crippen LogP contribution in [0.2, 0.25) is 0 Å². The molecule has 0 spiro atoms. The number of aliphatic carboxylic acids is 1. The second-order valence-corrected chi connectivity index (χ2v) is 3.57. The molecule has 1 rings (SSSR count). The smallest absolute Gasteiger partial charge is 0.328 e. The van der Waals surface area contributed by atoms with Crippen molar-refractivity contribution < 1.29 is 14.7 Å². The second-order valence-electron chi connectivity index (χ2n) is 3.57. The molecule has 78 valence electrons. The van der Waals surface area contributed by atoms with Crippen molar-refractivity contribution in [2.75, 3.05) is 0 Å².